The number of ether oxygens (including phenoxy) is 2. The number of Topliss-reactive ketones (excluding diaryl/α,β-unsaturated/α-hetero) is 1. The summed E-state index contributed by atoms with van der Waals surface area (Å²) in [7, 11) is 1.55. The summed E-state index contributed by atoms with van der Waals surface area (Å²) >= 11 is 0. The Bertz CT molecular complexity index is 310. The third kappa shape index (κ3) is 1.03. The van der Waals surface area contributed by atoms with Crippen LogP contribution in [-0.4, -0.2) is 30.2 Å². The van der Waals surface area contributed by atoms with Gasteiger partial charge in [0.2, 0.25) is 0 Å². The Balaban J connectivity index is 2.43. The Hall–Kier alpha value is -0.670. The van der Waals surface area contributed by atoms with Gasteiger partial charge in [0.15, 0.2) is 5.78 Å². The van der Waals surface area contributed by atoms with Crippen LogP contribution in [0, 0.1) is 5.92 Å². The third-order valence-electron chi connectivity index (χ3n) is 3.49. The van der Waals surface area contributed by atoms with Crippen LogP contribution >= 0.6 is 0 Å². The van der Waals surface area contributed by atoms with E-state index in [0.29, 0.717) is 0 Å². The lowest BCUT2D eigenvalue weighted by atomic mass is 9.81. The highest BCUT2D eigenvalue weighted by molar-refractivity contribution is 5.89. The monoisotopic (exact) mass is 196 g/mol. The lowest BCUT2D eigenvalue weighted by Gasteiger charge is -2.44. The number of carbonyl (C=O) groups excluding carboxylic acids is 1. The highest BCUT2D eigenvalue weighted by atomic mass is 16.6. The van der Waals surface area contributed by atoms with Gasteiger partial charge >= 0.3 is 0 Å². The summed E-state index contributed by atoms with van der Waals surface area (Å²) in [6.07, 6.45) is 3.46. The van der Waals surface area contributed by atoms with E-state index in [1.165, 1.54) is 0 Å². The molecule has 1 fully saturated rings. The molecule has 4 atom stereocenters. The number of carbonyl (C=O) groups is 1. The molecule has 2 aliphatic heterocycles. The second-order valence-corrected chi connectivity index (χ2v) is 4.54. The van der Waals surface area contributed by atoms with E-state index in [1.54, 1.807) is 7.11 Å². The molecule has 2 bridgehead atoms. The van der Waals surface area contributed by atoms with Gasteiger partial charge in [-0.05, 0) is 13.8 Å². The molecule has 0 radical (unpaired) electrons. The first kappa shape index (κ1) is 9.87. The first-order valence-electron chi connectivity index (χ1n) is 4.90. The molecule has 2 heterocycles. The average molecular weight is 196 g/mol. The van der Waals surface area contributed by atoms with Crippen molar-refractivity contribution in [2.75, 3.05) is 7.11 Å². The van der Waals surface area contributed by atoms with E-state index in [9.17, 15) is 4.79 Å². The van der Waals surface area contributed by atoms with Gasteiger partial charge in [-0.3, -0.25) is 4.79 Å². The van der Waals surface area contributed by atoms with Gasteiger partial charge < -0.3 is 9.47 Å². The predicted octanol–water partition coefficient (Wildman–Crippen LogP) is 1.32. The highest BCUT2D eigenvalue weighted by Gasteiger charge is 2.57. The summed E-state index contributed by atoms with van der Waals surface area (Å²) in [5.41, 5.74) is -1.02. The lowest BCUT2D eigenvalue weighted by Crippen LogP contribution is -2.58. The van der Waals surface area contributed by atoms with Crippen molar-refractivity contribution in [2.24, 2.45) is 5.92 Å². The van der Waals surface area contributed by atoms with Crippen molar-refractivity contribution < 1.29 is 14.3 Å². The molecule has 0 N–H and O–H groups in total. The van der Waals surface area contributed by atoms with Crippen LogP contribution in [0.1, 0.15) is 20.8 Å². The molecule has 3 heteroatoms. The molecule has 3 nitrogen and oxygen atoms in total. The largest absolute Gasteiger partial charge is 0.370 e. The van der Waals surface area contributed by atoms with E-state index < -0.39 is 17.3 Å². The first-order valence-corrected chi connectivity index (χ1v) is 4.90. The summed E-state index contributed by atoms with van der Waals surface area (Å²) in [6, 6.07) is 0. The van der Waals surface area contributed by atoms with Crippen molar-refractivity contribution in [2.45, 2.75) is 38.1 Å². The lowest BCUT2D eigenvalue weighted by molar-refractivity contribution is -0.196. The van der Waals surface area contributed by atoms with Crippen molar-refractivity contribution in [3.8, 4) is 0 Å². The number of rotatable bonds is 1. The highest BCUT2D eigenvalue weighted by Crippen LogP contribution is 2.45. The Morgan fingerprint density at radius 1 is 1.36 bits per heavy atom. The topological polar surface area (TPSA) is 35.5 Å². The van der Waals surface area contributed by atoms with Crippen molar-refractivity contribution in [1.82, 2.24) is 0 Å². The SMILES string of the molecule is CO[C@H]1C(=O)[C@@H](C)[C@]2(C)C=C[C@]1(C)O2. The van der Waals surface area contributed by atoms with E-state index in [-0.39, 0.29) is 11.7 Å². The van der Waals surface area contributed by atoms with Gasteiger partial charge in [-0.1, -0.05) is 19.1 Å². The Morgan fingerprint density at radius 3 is 2.50 bits per heavy atom. The molecule has 1 saturated heterocycles. The maximum Gasteiger partial charge on any atom is 0.170 e. The molecule has 0 saturated carbocycles. The van der Waals surface area contributed by atoms with Gasteiger partial charge in [-0.2, -0.15) is 0 Å². The molecule has 78 valence electrons. The second-order valence-electron chi connectivity index (χ2n) is 4.54. The quantitative estimate of drug-likeness (QED) is 0.593. The minimum atomic E-state index is -0.576. The average Bonchev–Trinajstić information content (AvgIpc) is 2.40. The molecule has 0 unspecified atom stereocenters. The Labute approximate surface area is 84.1 Å². The number of ketones is 1. The van der Waals surface area contributed by atoms with Crippen molar-refractivity contribution in [1.29, 1.82) is 0 Å². The van der Waals surface area contributed by atoms with Crippen LogP contribution in [0.2, 0.25) is 0 Å². The normalized spacial score (nSPS) is 51.3. The van der Waals surface area contributed by atoms with E-state index in [2.05, 4.69) is 0 Å². The summed E-state index contributed by atoms with van der Waals surface area (Å²) < 4.78 is 11.1. The van der Waals surface area contributed by atoms with Gasteiger partial charge in [-0.15, -0.1) is 0 Å². The van der Waals surface area contributed by atoms with Gasteiger partial charge in [-0.25, -0.2) is 0 Å². The summed E-state index contributed by atoms with van der Waals surface area (Å²) in [5, 5.41) is 0. The van der Waals surface area contributed by atoms with Crippen LogP contribution in [0.5, 0.6) is 0 Å². The van der Waals surface area contributed by atoms with E-state index >= 15 is 0 Å². The molecule has 0 spiro atoms. The number of fused-ring (bicyclic) bond motifs is 2. The molecule has 0 aromatic rings. The van der Waals surface area contributed by atoms with E-state index in [4.69, 9.17) is 9.47 Å². The van der Waals surface area contributed by atoms with Gasteiger partial charge in [0.1, 0.15) is 11.7 Å². The fourth-order valence-corrected chi connectivity index (χ4v) is 2.39. The molecular weight excluding hydrogens is 180 g/mol. The molecule has 14 heavy (non-hydrogen) atoms. The summed E-state index contributed by atoms with van der Waals surface area (Å²) in [4.78, 5) is 12.0. The predicted molar refractivity (Wildman–Crippen MR) is 52.0 cm³/mol. The number of methoxy groups -OCH3 is 1. The number of hydrogen-bond acceptors (Lipinski definition) is 3. The standard InChI is InChI=1S/C11H16O3/c1-7-8(12)9(13-4)11(3)6-5-10(7,2)14-11/h5-7,9H,1-4H3/t7-,9+,10+,11+/m1/s1. The minimum absolute atomic E-state index is 0.133. The van der Waals surface area contributed by atoms with E-state index in [0.717, 1.165) is 0 Å². The maximum absolute atomic E-state index is 12.0. The first-order chi connectivity index (χ1) is 6.43. The van der Waals surface area contributed by atoms with Gasteiger partial charge in [0.25, 0.3) is 0 Å². The molecule has 2 rings (SSSR count). The molecule has 0 aromatic heterocycles. The fraction of sp³-hybridized carbons (Fsp3) is 0.727. The molecule has 0 amide bonds. The zero-order valence-electron chi connectivity index (χ0n) is 9.03. The van der Waals surface area contributed by atoms with Crippen LogP contribution in [-0.2, 0) is 14.3 Å². The Morgan fingerprint density at radius 2 is 1.93 bits per heavy atom. The maximum atomic E-state index is 12.0. The van der Waals surface area contributed by atoms with Gasteiger partial charge in [0.05, 0.1) is 11.5 Å². The van der Waals surface area contributed by atoms with Crippen molar-refractivity contribution in [3.05, 3.63) is 12.2 Å². The van der Waals surface area contributed by atoms with Crippen LogP contribution < -0.4 is 0 Å². The zero-order chi connectivity index (χ0) is 10.6. The Kier molecular flexibility index (Phi) is 1.88. The summed E-state index contributed by atoms with van der Waals surface area (Å²) in [6.45, 7) is 5.74. The summed E-state index contributed by atoms with van der Waals surface area (Å²) in [5.74, 6) is -0.00646. The van der Waals surface area contributed by atoms with Crippen LogP contribution in [0.3, 0.4) is 0 Å². The minimum Gasteiger partial charge on any atom is -0.370 e. The van der Waals surface area contributed by atoms with Crippen molar-refractivity contribution >= 4 is 5.78 Å². The number of hydrogen-bond donors (Lipinski definition) is 0. The van der Waals surface area contributed by atoms with Crippen LogP contribution in [0.15, 0.2) is 12.2 Å². The third-order valence-corrected chi connectivity index (χ3v) is 3.49. The van der Waals surface area contributed by atoms with Crippen LogP contribution in [0.4, 0.5) is 0 Å². The fourth-order valence-electron chi connectivity index (χ4n) is 2.39. The molecule has 0 aliphatic carbocycles. The van der Waals surface area contributed by atoms with Crippen LogP contribution in [0.25, 0.3) is 0 Å². The van der Waals surface area contributed by atoms with Crippen molar-refractivity contribution in [3.63, 3.8) is 0 Å². The molecular formula is C11H16O3. The molecule has 2 aliphatic rings. The molecule has 0 aromatic carbocycles. The van der Waals surface area contributed by atoms with Gasteiger partial charge in [0, 0.05) is 7.11 Å². The zero-order valence-corrected chi connectivity index (χ0v) is 9.03. The van der Waals surface area contributed by atoms with E-state index in [1.807, 2.05) is 32.9 Å². The smallest absolute Gasteiger partial charge is 0.170 e. The second kappa shape index (κ2) is 2.67.